The average molecular weight is 441 g/mol. The molecule has 1 aromatic heterocycles. The van der Waals surface area contributed by atoms with Crippen LogP contribution < -0.4 is 11.2 Å². The van der Waals surface area contributed by atoms with Gasteiger partial charge < -0.3 is 4.57 Å². The molecule has 150 valence electrons. The van der Waals surface area contributed by atoms with Gasteiger partial charge in [-0.25, -0.2) is 4.79 Å². The molecule has 0 amide bonds. The molecule has 0 spiro atoms. The predicted octanol–water partition coefficient (Wildman–Crippen LogP) is 3.14. The van der Waals surface area contributed by atoms with Gasteiger partial charge in [0, 0.05) is 18.0 Å². The first-order valence-electron chi connectivity index (χ1n) is 8.92. The lowest BCUT2D eigenvalue weighted by atomic mass is 10.1. The molecule has 3 heterocycles. The molecule has 1 aromatic carbocycles. The summed E-state index contributed by atoms with van der Waals surface area (Å²) in [6.45, 7) is -0.107. The van der Waals surface area contributed by atoms with Crippen LogP contribution in [0.25, 0.3) is 11.4 Å². The third-order valence-electron chi connectivity index (χ3n) is 4.55. The normalized spacial score (nSPS) is 11.0. The van der Waals surface area contributed by atoms with E-state index in [9.17, 15) is 14.4 Å². The Labute approximate surface area is 180 Å². The molecule has 9 heteroatoms. The lowest BCUT2D eigenvalue weighted by Gasteiger charge is -2.14. The van der Waals surface area contributed by atoms with Gasteiger partial charge in [-0.05, 0) is 42.5 Å². The Kier molecular flexibility index (Phi) is 5.48. The van der Waals surface area contributed by atoms with Gasteiger partial charge in [0.25, 0.3) is 5.56 Å². The molecular formula is C21H14Cl2N4O3. The predicted molar refractivity (Wildman–Crippen MR) is 114 cm³/mol. The molecule has 0 N–H and O–H groups in total. The van der Waals surface area contributed by atoms with Gasteiger partial charge in [-0.1, -0.05) is 29.3 Å². The van der Waals surface area contributed by atoms with Crippen molar-refractivity contribution in [2.75, 3.05) is 0 Å². The highest BCUT2D eigenvalue weighted by atomic mass is 35.5. The summed E-state index contributed by atoms with van der Waals surface area (Å²) in [5, 5.41) is 0.611. The Balaban J connectivity index is 1.72. The van der Waals surface area contributed by atoms with Gasteiger partial charge in [-0.3, -0.25) is 19.1 Å². The van der Waals surface area contributed by atoms with Crippen LogP contribution in [0.5, 0.6) is 0 Å². The van der Waals surface area contributed by atoms with Gasteiger partial charge in [0.05, 0.1) is 34.4 Å². The van der Waals surface area contributed by atoms with Gasteiger partial charge >= 0.3 is 5.69 Å². The maximum atomic E-state index is 12.9. The van der Waals surface area contributed by atoms with Crippen LogP contribution in [0.3, 0.4) is 0 Å². The summed E-state index contributed by atoms with van der Waals surface area (Å²) in [5.74, 6) is -0.129. The van der Waals surface area contributed by atoms with E-state index in [4.69, 9.17) is 23.2 Å². The fourth-order valence-electron chi connectivity index (χ4n) is 3.05. The van der Waals surface area contributed by atoms with Crippen molar-refractivity contribution in [3.63, 3.8) is 0 Å². The number of rotatable bonds is 5. The summed E-state index contributed by atoms with van der Waals surface area (Å²) in [6.07, 6.45) is 3.18. The molecule has 4 rings (SSSR count). The van der Waals surface area contributed by atoms with Crippen molar-refractivity contribution in [1.82, 2.24) is 19.1 Å². The molecule has 0 fully saturated rings. The first-order valence-corrected chi connectivity index (χ1v) is 9.68. The standard InChI is InChI=1S/C21H14Cl2N4O3/c22-16-7-6-13(10-17(16)23)18(28)12-26-9-3-5-15-19(26)25-21(30)27(20(15)29)11-14-4-1-2-8-24-14/h1-10H,11-12H2. The number of ketones is 1. The van der Waals surface area contributed by atoms with Gasteiger partial charge in [0.1, 0.15) is 0 Å². The number of pyridine rings is 2. The highest BCUT2D eigenvalue weighted by molar-refractivity contribution is 6.42. The molecule has 30 heavy (non-hydrogen) atoms. The molecule has 0 bridgehead atoms. The van der Waals surface area contributed by atoms with Crippen LogP contribution in [0.4, 0.5) is 0 Å². The van der Waals surface area contributed by atoms with E-state index >= 15 is 0 Å². The second kappa shape index (κ2) is 8.22. The second-order valence-electron chi connectivity index (χ2n) is 6.53. The topological polar surface area (TPSA) is 86.9 Å². The van der Waals surface area contributed by atoms with Gasteiger partial charge in [0.15, 0.2) is 11.6 Å². The van der Waals surface area contributed by atoms with Crippen molar-refractivity contribution in [2.45, 2.75) is 13.1 Å². The first-order chi connectivity index (χ1) is 14.4. The monoisotopic (exact) mass is 440 g/mol. The fraction of sp³-hybridized carbons (Fsp3) is 0.0952. The lowest BCUT2D eigenvalue weighted by Crippen LogP contribution is -2.38. The minimum Gasteiger partial charge on any atom is -0.324 e. The molecule has 0 aliphatic carbocycles. The fourth-order valence-corrected chi connectivity index (χ4v) is 3.35. The zero-order chi connectivity index (χ0) is 21.3. The van der Waals surface area contributed by atoms with Crippen molar-refractivity contribution in [3.05, 3.63) is 103 Å². The van der Waals surface area contributed by atoms with E-state index in [0.717, 1.165) is 4.57 Å². The highest BCUT2D eigenvalue weighted by Gasteiger charge is 2.19. The van der Waals surface area contributed by atoms with Gasteiger partial charge in [-0.15, -0.1) is 0 Å². The van der Waals surface area contributed by atoms with E-state index in [1.165, 1.54) is 16.7 Å². The summed E-state index contributed by atoms with van der Waals surface area (Å²) in [4.78, 5) is 46.3. The van der Waals surface area contributed by atoms with Crippen LogP contribution in [0.1, 0.15) is 16.1 Å². The number of halogens is 2. The van der Waals surface area contributed by atoms with Crippen molar-refractivity contribution < 1.29 is 4.79 Å². The van der Waals surface area contributed by atoms with E-state index < -0.39 is 11.2 Å². The maximum absolute atomic E-state index is 12.9. The summed E-state index contributed by atoms with van der Waals surface area (Å²) >= 11 is 11.9. The molecule has 0 atom stereocenters. The number of Topliss-reactive ketones (excluding diaryl/α,β-unsaturated/α-hetero) is 1. The van der Waals surface area contributed by atoms with Crippen molar-refractivity contribution in [2.24, 2.45) is 0 Å². The quantitative estimate of drug-likeness (QED) is 0.444. The number of hydrogen-bond donors (Lipinski definition) is 0. The third kappa shape index (κ3) is 3.90. The number of aromatic nitrogens is 4. The van der Waals surface area contributed by atoms with E-state index in [2.05, 4.69) is 9.97 Å². The number of hydrogen-bond acceptors (Lipinski definition) is 5. The van der Waals surface area contributed by atoms with Crippen LogP contribution in [-0.4, -0.2) is 24.9 Å². The average Bonchev–Trinajstić information content (AvgIpc) is 2.74. The molecule has 0 unspecified atom stereocenters. The minimum atomic E-state index is -0.708. The first kappa shape index (κ1) is 20.0. The molecule has 0 saturated carbocycles. The van der Waals surface area contributed by atoms with Crippen LogP contribution >= 0.6 is 23.2 Å². The number of benzene rings is 1. The van der Waals surface area contributed by atoms with Crippen LogP contribution in [0, 0.1) is 0 Å². The number of carbonyl (C=O) groups excluding carboxylic acids is 1. The Morgan fingerprint density at radius 2 is 1.83 bits per heavy atom. The Bertz CT molecular complexity index is 1330. The van der Waals surface area contributed by atoms with Crippen LogP contribution in [0.15, 0.2) is 70.5 Å². The summed E-state index contributed by atoms with van der Waals surface area (Å²) < 4.78 is 2.49. The molecule has 0 radical (unpaired) electrons. The summed E-state index contributed by atoms with van der Waals surface area (Å²) in [7, 11) is 0. The molecule has 2 aromatic rings. The highest BCUT2D eigenvalue weighted by Crippen LogP contribution is 2.23. The Morgan fingerprint density at radius 1 is 1.00 bits per heavy atom. The van der Waals surface area contributed by atoms with E-state index in [-0.39, 0.29) is 35.3 Å². The molecule has 2 aliphatic heterocycles. The van der Waals surface area contributed by atoms with E-state index in [0.29, 0.717) is 16.3 Å². The van der Waals surface area contributed by atoms with Crippen molar-refractivity contribution >= 4 is 29.0 Å². The zero-order valence-electron chi connectivity index (χ0n) is 15.5. The summed E-state index contributed by atoms with van der Waals surface area (Å²) in [6, 6.07) is 13.0. The number of fused-ring (bicyclic) bond motifs is 1. The van der Waals surface area contributed by atoms with Crippen molar-refractivity contribution in [3.8, 4) is 11.4 Å². The van der Waals surface area contributed by atoms with Crippen LogP contribution in [0.2, 0.25) is 10.0 Å². The number of carbonyl (C=O) groups is 1. The molecular weight excluding hydrogens is 427 g/mol. The second-order valence-corrected chi connectivity index (χ2v) is 7.35. The molecule has 0 saturated heterocycles. The smallest absolute Gasteiger partial charge is 0.324 e. The minimum absolute atomic E-state index is 0.0124. The lowest BCUT2D eigenvalue weighted by molar-refractivity contribution is 0.0972. The van der Waals surface area contributed by atoms with Crippen LogP contribution in [-0.2, 0) is 13.1 Å². The van der Waals surface area contributed by atoms with E-state index in [1.807, 2.05) is 0 Å². The largest absolute Gasteiger partial charge is 0.352 e. The van der Waals surface area contributed by atoms with Gasteiger partial charge in [0.2, 0.25) is 0 Å². The SMILES string of the molecule is O=C(Cn1cccc2c(=O)n(Cc3ccccn3)c(=O)nc1-2)c1ccc(Cl)c(Cl)c1. The maximum Gasteiger partial charge on any atom is 0.352 e. The Morgan fingerprint density at radius 3 is 2.57 bits per heavy atom. The van der Waals surface area contributed by atoms with Crippen molar-refractivity contribution in [1.29, 1.82) is 0 Å². The third-order valence-corrected chi connectivity index (χ3v) is 5.29. The molecule has 2 aliphatic rings. The molecule has 7 nitrogen and oxygen atoms in total. The Hall–Kier alpha value is -3.29. The van der Waals surface area contributed by atoms with E-state index in [1.54, 1.807) is 48.8 Å². The van der Waals surface area contributed by atoms with Gasteiger partial charge in [-0.2, -0.15) is 4.98 Å². The zero-order valence-corrected chi connectivity index (χ0v) is 17.0. The number of nitrogens with zero attached hydrogens (tertiary/aromatic N) is 4. The summed E-state index contributed by atoms with van der Waals surface area (Å²) in [5.41, 5.74) is -0.0433.